The lowest BCUT2D eigenvalue weighted by atomic mass is 10.2. The predicted octanol–water partition coefficient (Wildman–Crippen LogP) is 0.903. The van der Waals surface area contributed by atoms with Gasteiger partial charge in [-0.25, -0.2) is 0 Å². The van der Waals surface area contributed by atoms with Gasteiger partial charge < -0.3 is 15.7 Å². The fraction of sp³-hybridized carbons (Fsp3) is 0.462. The number of nitrogens with zero attached hydrogens (tertiary/aromatic N) is 1. The van der Waals surface area contributed by atoms with Crippen LogP contribution in [0.5, 0.6) is 0 Å². The van der Waals surface area contributed by atoms with Crippen LogP contribution in [0.1, 0.15) is 28.6 Å². The van der Waals surface area contributed by atoms with Gasteiger partial charge in [0.15, 0.2) is 0 Å². The number of thiophene rings is 1. The number of carbonyl (C=O) groups is 1. The van der Waals surface area contributed by atoms with Crippen molar-refractivity contribution in [1.82, 2.24) is 4.90 Å². The minimum Gasteiger partial charge on any atom is -0.395 e. The first kappa shape index (κ1) is 14.7. The van der Waals surface area contributed by atoms with Gasteiger partial charge in [-0.15, -0.1) is 11.3 Å². The van der Waals surface area contributed by atoms with Crippen LogP contribution in [0.3, 0.4) is 0 Å². The Labute approximate surface area is 111 Å². The van der Waals surface area contributed by atoms with Crippen LogP contribution in [-0.2, 0) is 0 Å². The van der Waals surface area contributed by atoms with Gasteiger partial charge in [0.05, 0.1) is 13.2 Å². The molecule has 0 aliphatic heterocycles. The van der Waals surface area contributed by atoms with Gasteiger partial charge in [0, 0.05) is 18.7 Å². The minimum absolute atomic E-state index is 0.0269. The fourth-order valence-corrected chi connectivity index (χ4v) is 2.38. The van der Waals surface area contributed by atoms with E-state index < -0.39 is 0 Å². The zero-order chi connectivity index (χ0) is 13.4. The van der Waals surface area contributed by atoms with Gasteiger partial charge in [0.2, 0.25) is 0 Å². The van der Waals surface area contributed by atoms with Crippen molar-refractivity contribution in [3.8, 4) is 11.8 Å². The number of hydrogen-bond donors (Lipinski definition) is 2. The fourth-order valence-electron chi connectivity index (χ4n) is 1.57. The van der Waals surface area contributed by atoms with Crippen LogP contribution < -0.4 is 5.73 Å². The van der Waals surface area contributed by atoms with Gasteiger partial charge in [-0.1, -0.05) is 18.8 Å². The van der Waals surface area contributed by atoms with Crippen LogP contribution >= 0.6 is 11.3 Å². The second-order valence-electron chi connectivity index (χ2n) is 3.69. The summed E-state index contributed by atoms with van der Waals surface area (Å²) in [7, 11) is 0. The Morgan fingerprint density at radius 3 is 2.94 bits per heavy atom. The van der Waals surface area contributed by atoms with E-state index in [1.807, 2.05) is 18.4 Å². The molecule has 1 heterocycles. The SMILES string of the molecule is CCCN(CCO)C(=O)c1sccc1C#CCN. The third-order valence-corrected chi connectivity index (χ3v) is 3.24. The Bertz CT molecular complexity index is 439. The lowest BCUT2D eigenvalue weighted by molar-refractivity contribution is 0.0726. The number of carbonyl (C=O) groups excluding carboxylic acids is 1. The molecule has 0 fully saturated rings. The van der Waals surface area contributed by atoms with Crippen molar-refractivity contribution in [3.05, 3.63) is 21.9 Å². The smallest absolute Gasteiger partial charge is 0.265 e. The molecule has 98 valence electrons. The molecule has 0 aliphatic carbocycles. The van der Waals surface area contributed by atoms with Crippen molar-refractivity contribution >= 4 is 17.2 Å². The van der Waals surface area contributed by atoms with Crippen LogP contribution in [0.25, 0.3) is 0 Å². The Kier molecular flexibility index (Phi) is 6.44. The van der Waals surface area contributed by atoms with Crippen LogP contribution in [-0.4, -0.2) is 42.2 Å². The average Bonchev–Trinajstić information content (AvgIpc) is 2.83. The predicted molar refractivity (Wildman–Crippen MR) is 73.5 cm³/mol. The van der Waals surface area contributed by atoms with Crippen molar-refractivity contribution in [2.45, 2.75) is 13.3 Å². The summed E-state index contributed by atoms with van der Waals surface area (Å²) < 4.78 is 0. The van der Waals surface area contributed by atoms with E-state index in [-0.39, 0.29) is 19.1 Å². The molecule has 0 aliphatic rings. The summed E-state index contributed by atoms with van der Waals surface area (Å²) in [6.45, 7) is 3.25. The highest BCUT2D eigenvalue weighted by Gasteiger charge is 2.18. The average molecular weight is 266 g/mol. The Morgan fingerprint density at radius 2 is 2.33 bits per heavy atom. The number of amides is 1. The van der Waals surface area contributed by atoms with E-state index in [0.717, 1.165) is 12.0 Å². The Morgan fingerprint density at radius 1 is 1.56 bits per heavy atom. The standard InChI is InChI=1S/C13H18N2O2S/c1-2-7-15(8-9-16)13(17)12-11(4-3-6-14)5-10-18-12/h5,10,16H,2,6-9,14H2,1H3. The summed E-state index contributed by atoms with van der Waals surface area (Å²) in [6.07, 6.45) is 0.862. The molecular formula is C13H18N2O2S. The minimum atomic E-state index is -0.0674. The third-order valence-electron chi connectivity index (χ3n) is 2.34. The molecule has 0 aromatic carbocycles. The van der Waals surface area contributed by atoms with Gasteiger partial charge in [0.1, 0.15) is 4.88 Å². The molecule has 5 heteroatoms. The number of nitrogens with two attached hydrogens (primary N) is 1. The highest BCUT2D eigenvalue weighted by molar-refractivity contribution is 7.12. The van der Waals surface area contributed by atoms with Gasteiger partial charge >= 0.3 is 0 Å². The molecule has 0 spiro atoms. The largest absolute Gasteiger partial charge is 0.395 e. The summed E-state index contributed by atoms with van der Waals surface area (Å²) in [6, 6.07) is 1.82. The molecule has 0 unspecified atom stereocenters. The van der Waals surface area contributed by atoms with E-state index >= 15 is 0 Å². The Balaban J connectivity index is 2.90. The zero-order valence-electron chi connectivity index (χ0n) is 10.5. The number of aliphatic hydroxyl groups excluding tert-OH is 1. The number of hydrogen-bond acceptors (Lipinski definition) is 4. The molecule has 1 rings (SSSR count). The molecular weight excluding hydrogens is 248 g/mol. The zero-order valence-corrected chi connectivity index (χ0v) is 11.3. The summed E-state index contributed by atoms with van der Waals surface area (Å²) in [5.74, 6) is 5.58. The van der Waals surface area contributed by atoms with Crippen LogP contribution in [0.15, 0.2) is 11.4 Å². The maximum absolute atomic E-state index is 12.3. The van der Waals surface area contributed by atoms with Gasteiger partial charge in [-0.3, -0.25) is 4.79 Å². The Hall–Kier alpha value is -1.35. The summed E-state index contributed by atoms with van der Waals surface area (Å²) in [4.78, 5) is 14.6. The topological polar surface area (TPSA) is 66.6 Å². The third kappa shape index (κ3) is 3.84. The van der Waals surface area contributed by atoms with Crippen molar-refractivity contribution < 1.29 is 9.90 Å². The second-order valence-corrected chi connectivity index (χ2v) is 4.60. The van der Waals surface area contributed by atoms with Crippen molar-refractivity contribution in [3.63, 3.8) is 0 Å². The van der Waals surface area contributed by atoms with Gasteiger partial charge in [0.25, 0.3) is 5.91 Å². The molecule has 0 bridgehead atoms. The molecule has 4 nitrogen and oxygen atoms in total. The second kappa shape index (κ2) is 7.88. The molecule has 1 amide bonds. The van der Waals surface area contributed by atoms with E-state index in [0.29, 0.717) is 18.0 Å². The molecule has 18 heavy (non-hydrogen) atoms. The van der Waals surface area contributed by atoms with E-state index in [1.54, 1.807) is 4.90 Å². The molecule has 3 N–H and O–H groups in total. The van der Waals surface area contributed by atoms with E-state index in [4.69, 9.17) is 10.8 Å². The molecule has 0 radical (unpaired) electrons. The lowest BCUT2D eigenvalue weighted by Crippen LogP contribution is -2.34. The van der Waals surface area contributed by atoms with Crippen LogP contribution in [0.2, 0.25) is 0 Å². The monoisotopic (exact) mass is 266 g/mol. The van der Waals surface area contributed by atoms with Crippen molar-refractivity contribution in [1.29, 1.82) is 0 Å². The normalized spacial score (nSPS) is 9.72. The maximum Gasteiger partial charge on any atom is 0.265 e. The summed E-state index contributed by atoms with van der Waals surface area (Å²) in [5, 5.41) is 10.8. The van der Waals surface area contributed by atoms with Crippen molar-refractivity contribution in [2.24, 2.45) is 5.73 Å². The summed E-state index contributed by atoms with van der Waals surface area (Å²) >= 11 is 1.37. The quantitative estimate of drug-likeness (QED) is 0.778. The van der Waals surface area contributed by atoms with Crippen LogP contribution in [0.4, 0.5) is 0 Å². The van der Waals surface area contributed by atoms with E-state index in [9.17, 15) is 4.79 Å². The number of rotatable bonds is 5. The first-order valence-corrected chi connectivity index (χ1v) is 6.79. The number of aliphatic hydroxyl groups is 1. The van der Waals surface area contributed by atoms with Crippen molar-refractivity contribution in [2.75, 3.05) is 26.2 Å². The lowest BCUT2D eigenvalue weighted by Gasteiger charge is -2.20. The highest BCUT2D eigenvalue weighted by Crippen LogP contribution is 2.18. The molecule has 1 aromatic heterocycles. The van der Waals surface area contributed by atoms with Crippen LogP contribution in [0, 0.1) is 11.8 Å². The molecule has 0 saturated carbocycles. The van der Waals surface area contributed by atoms with E-state index in [1.165, 1.54) is 11.3 Å². The molecule has 0 atom stereocenters. The first-order valence-electron chi connectivity index (χ1n) is 5.91. The van der Waals surface area contributed by atoms with E-state index in [2.05, 4.69) is 11.8 Å². The maximum atomic E-state index is 12.3. The molecule has 0 saturated heterocycles. The molecule has 1 aromatic rings. The first-order chi connectivity index (χ1) is 8.74. The highest BCUT2D eigenvalue weighted by atomic mass is 32.1. The summed E-state index contributed by atoms with van der Waals surface area (Å²) in [5.41, 5.74) is 6.04. The van der Waals surface area contributed by atoms with Gasteiger partial charge in [-0.05, 0) is 17.9 Å². The van der Waals surface area contributed by atoms with Gasteiger partial charge in [-0.2, -0.15) is 0 Å².